The van der Waals surface area contributed by atoms with Gasteiger partial charge in [0.15, 0.2) is 0 Å². The van der Waals surface area contributed by atoms with Crippen molar-refractivity contribution in [2.75, 3.05) is 19.8 Å². The van der Waals surface area contributed by atoms with E-state index in [1.165, 1.54) is 0 Å². The Balaban J connectivity index is 1.59. The van der Waals surface area contributed by atoms with Gasteiger partial charge in [-0.2, -0.15) is 0 Å². The van der Waals surface area contributed by atoms with Crippen LogP contribution in [0.5, 0.6) is 0 Å². The standard InChI is InChI=1S/C19H24N4O4/c1-13-17(21-22-23(13)15-5-3-2-4-6-15)11-18(24)20-12-16(19(25)26)14-7-9-27-10-8-14/h2-6,14,16H,7-12H2,1H3,(H,20,24)(H,25,26). The van der Waals surface area contributed by atoms with Crippen LogP contribution >= 0.6 is 0 Å². The number of rotatable bonds is 7. The lowest BCUT2D eigenvalue weighted by Crippen LogP contribution is -2.39. The van der Waals surface area contributed by atoms with Gasteiger partial charge < -0.3 is 15.2 Å². The molecule has 27 heavy (non-hydrogen) atoms. The molecule has 3 rings (SSSR count). The van der Waals surface area contributed by atoms with Crippen molar-refractivity contribution in [2.24, 2.45) is 11.8 Å². The Morgan fingerprint density at radius 2 is 2.00 bits per heavy atom. The first-order valence-corrected chi connectivity index (χ1v) is 9.10. The number of carboxylic acids is 1. The number of carboxylic acid groups (broad SMARTS) is 1. The van der Waals surface area contributed by atoms with Crippen LogP contribution in [0.25, 0.3) is 5.69 Å². The summed E-state index contributed by atoms with van der Waals surface area (Å²) in [6, 6.07) is 9.56. The highest BCUT2D eigenvalue weighted by Crippen LogP contribution is 2.23. The highest BCUT2D eigenvalue weighted by atomic mass is 16.5. The number of aliphatic carboxylic acids is 1. The molecule has 8 heteroatoms. The Morgan fingerprint density at radius 1 is 1.30 bits per heavy atom. The van der Waals surface area contributed by atoms with Gasteiger partial charge in [-0.3, -0.25) is 9.59 Å². The highest BCUT2D eigenvalue weighted by molar-refractivity contribution is 5.79. The van der Waals surface area contributed by atoms with E-state index in [0.29, 0.717) is 31.7 Å². The molecule has 0 spiro atoms. The number of hydrogen-bond acceptors (Lipinski definition) is 5. The van der Waals surface area contributed by atoms with Gasteiger partial charge in [-0.05, 0) is 37.8 Å². The van der Waals surface area contributed by atoms with Crippen LogP contribution in [-0.2, 0) is 20.7 Å². The fourth-order valence-electron chi connectivity index (χ4n) is 3.35. The van der Waals surface area contributed by atoms with Gasteiger partial charge in [0.1, 0.15) is 0 Å². The molecule has 1 aliphatic rings. The molecule has 0 aliphatic carbocycles. The van der Waals surface area contributed by atoms with Gasteiger partial charge >= 0.3 is 5.97 Å². The van der Waals surface area contributed by atoms with Crippen LogP contribution in [0, 0.1) is 18.8 Å². The van der Waals surface area contributed by atoms with Crippen molar-refractivity contribution in [2.45, 2.75) is 26.2 Å². The summed E-state index contributed by atoms with van der Waals surface area (Å²) in [5, 5.41) is 20.5. The Bertz CT molecular complexity index is 784. The first-order valence-electron chi connectivity index (χ1n) is 9.10. The lowest BCUT2D eigenvalue weighted by molar-refractivity contribution is -0.144. The van der Waals surface area contributed by atoms with Gasteiger partial charge in [0, 0.05) is 19.8 Å². The SMILES string of the molecule is Cc1c(CC(=O)NCC(C(=O)O)C2CCOCC2)nnn1-c1ccccc1. The molecule has 1 aromatic heterocycles. The van der Waals surface area contributed by atoms with Gasteiger partial charge in [-0.15, -0.1) is 5.10 Å². The minimum Gasteiger partial charge on any atom is -0.481 e. The second-order valence-electron chi connectivity index (χ2n) is 6.74. The molecule has 2 aromatic rings. The summed E-state index contributed by atoms with van der Waals surface area (Å²) in [5.41, 5.74) is 2.24. The van der Waals surface area contributed by atoms with Gasteiger partial charge in [0.25, 0.3) is 0 Å². The van der Waals surface area contributed by atoms with E-state index in [9.17, 15) is 14.7 Å². The highest BCUT2D eigenvalue weighted by Gasteiger charge is 2.30. The largest absolute Gasteiger partial charge is 0.481 e. The van der Waals surface area contributed by atoms with E-state index < -0.39 is 11.9 Å². The van der Waals surface area contributed by atoms with Crippen LogP contribution in [0.3, 0.4) is 0 Å². The van der Waals surface area contributed by atoms with Crippen molar-refractivity contribution in [3.05, 3.63) is 41.7 Å². The summed E-state index contributed by atoms with van der Waals surface area (Å²) in [5.74, 6) is -1.71. The Kier molecular flexibility index (Phi) is 6.18. The topological polar surface area (TPSA) is 106 Å². The zero-order valence-electron chi connectivity index (χ0n) is 15.3. The fourth-order valence-corrected chi connectivity index (χ4v) is 3.35. The molecule has 144 valence electrons. The molecule has 2 heterocycles. The van der Waals surface area contributed by atoms with Crippen LogP contribution in [0.1, 0.15) is 24.2 Å². The molecule has 1 atom stereocenters. The number of nitrogens with one attached hydrogen (secondary N) is 1. The molecule has 0 radical (unpaired) electrons. The first-order chi connectivity index (χ1) is 13.1. The minimum atomic E-state index is -0.881. The molecule has 1 fully saturated rings. The van der Waals surface area contributed by atoms with Crippen molar-refractivity contribution in [3.8, 4) is 5.69 Å². The predicted molar refractivity (Wildman–Crippen MR) is 97.5 cm³/mol. The number of benzene rings is 1. The zero-order valence-corrected chi connectivity index (χ0v) is 15.3. The average molecular weight is 372 g/mol. The maximum atomic E-state index is 12.3. The summed E-state index contributed by atoms with van der Waals surface area (Å²) >= 11 is 0. The van der Waals surface area contributed by atoms with Crippen molar-refractivity contribution >= 4 is 11.9 Å². The molecule has 1 aliphatic heterocycles. The first kappa shape index (κ1) is 19.0. The van der Waals surface area contributed by atoms with Crippen LogP contribution in [-0.4, -0.2) is 51.7 Å². The lowest BCUT2D eigenvalue weighted by Gasteiger charge is -2.27. The van der Waals surface area contributed by atoms with Gasteiger partial charge in [-0.1, -0.05) is 23.4 Å². The number of aromatic nitrogens is 3. The monoisotopic (exact) mass is 372 g/mol. The Labute approximate surface area is 157 Å². The second kappa shape index (κ2) is 8.77. The van der Waals surface area contributed by atoms with E-state index in [1.807, 2.05) is 37.3 Å². The smallest absolute Gasteiger partial charge is 0.308 e. The van der Waals surface area contributed by atoms with E-state index in [4.69, 9.17) is 4.74 Å². The third-order valence-corrected chi connectivity index (χ3v) is 4.99. The van der Waals surface area contributed by atoms with Crippen LogP contribution < -0.4 is 5.32 Å². The molecule has 2 N–H and O–H groups in total. The van der Waals surface area contributed by atoms with E-state index in [0.717, 1.165) is 11.4 Å². The normalized spacial score (nSPS) is 16.0. The maximum Gasteiger partial charge on any atom is 0.308 e. The van der Waals surface area contributed by atoms with Crippen molar-refractivity contribution in [3.63, 3.8) is 0 Å². The van der Waals surface area contributed by atoms with Crippen LogP contribution in [0.4, 0.5) is 0 Å². The average Bonchev–Trinajstić information content (AvgIpc) is 3.03. The van der Waals surface area contributed by atoms with Crippen molar-refractivity contribution in [1.82, 2.24) is 20.3 Å². The second-order valence-corrected chi connectivity index (χ2v) is 6.74. The van der Waals surface area contributed by atoms with E-state index in [-0.39, 0.29) is 24.8 Å². The molecule has 0 bridgehead atoms. The number of para-hydroxylation sites is 1. The third kappa shape index (κ3) is 4.71. The number of carbonyl (C=O) groups excluding carboxylic acids is 1. The third-order valence-electron chi connectivity index (χ3n) is 4.99. The summed E-state index contributed by atoms with van der Waals surface area (Å²) in [4.78, 5) is 23.9. The van der Waals surface area contributed by atoms with E-state index in [2.05, 4.69) is 15.6 Å². The molecular formula is C19H24N4O4. The number of carbonyl (C=O) groups is 2. The quantitative estimate of drug-likeness (QED) is 0.760. The maximum absolute atomic E-state index is 12.3. The number of amides is 1. The molecular weight excluding hydrogens is 348 g/mol. The van der Waals surface area contributed by atoms with E-state index in [1.54, 1.807) is 4.68 Å². The van der Waals surface area contributed by atoms with E-state index >= 15 is 0 Å². The molecule has 0 saturated carbocycles. The molecule has 1 amide bonds. The van der Waals surface area contributed by atoms with Crippen LogP contribution in [0.15, 0.2) is 30.3 Å². The van der Waals surface area contributed by atoms with Gasteiger partial charge in [0.2, 0.25) is 5.91 Å². The Morgan fingerprint density at radius 3 is 2.67 bits per heavy atom. The summed E-state index contributed by atoms with van der Waals surface area (Å²) in [6.45, 7) is 3.12. The lowest BCUT2D eigenvalue weighted by atomic mass is 9.86. The van der Waals surface area contributed by atoms with Crippen LogP contribution in [0.2, 0.25) is 0 Å². The number of nitrogens with zero attached hydrogens (tertiary/aromatic N) is 3. The predicted octanol–water partition coefficient (Wildman–Crippen LogP) is 1.36. The number of hydrogen-bond donors (Lipinski definition) is 2. The Hall–Kier alpha value is -2.74. The molecule has 1 saturated heterocycles. The molecule has 8 nitrogen and oxygen atoms in total. The minimum absolute atomic E-state index is 0.0252. The molecule has 1 unspecified atom stereocenters. The molecule has 1 aromatic carbocycles. The fraction of sp³-hybridized carbons (Fsp3) is 0.474. The number of ether oxygens (including phenoxy) is 1. The van der Waals surface area contributed by atoms with Gasteiger partial charge in [0.05, 0.1) is 29.4 Å². The van der Waals surface area contributed by atoms with Gasteiger partial charge in [-0.25, -0.2) is 4.68 Å². The summed E-state index contributed by atoms with van der Waals surface area (Å²) in [7, 11) is 0. The van der Waals surface area contributed by atoms with Crippen molar-refractivity contribution < 1.29 is 19.4 Å². The van der Waals surface area contributed by atoms with Crippen molar-refractivity contribution in [1.29, 1.82) is 0 Å². The zero-order chi connectivity index (χ0) is 19.2. The summed E-state index contributed by atoms with van der Waals surface area (Å²) in [6.07, 6.45) is 1.48. The summed E-state index contributed by atoms with van der Waals surface area (Å²) < 4.78 is 6.97.